The summed E-state index contributed by atoms with van der Waals surface area (Å²) in [5.74, 6) is 0.830. The smallest absolute Gasteiger partial charge is 0.318 e. The van der Waals surface area contributed by atoms with Gasteiger partial charge in [-0.15, -0.1) is 10.2 Å². The van der Waals surface area contributed by atoms with Gasteiger partial charge in [0.1, 0.15) is 0 Å². The highest BCUT2D eigenvalue weighted by molar-refractivity contribution is 5.75. The Bertz CT molecular complexity index is 935. The number of aryl methyl sites for hydroxylation is 1. The van der Waals surface area contributed by atoms with Crippen molar-refractivity contribution in [2.24, 2.45) is 0 Å². The maximum Gasteiger partial charge on any atom is 0.318 e. The Morgan fingerprint density at radius 3 is 2.85 bits per heavy atom. The summed E-state index contributed by atoms with van der Waals surface area (Å²) in [6, 6.07) is 13.8. The number of fused-ring (bicyclic) bond motifs is 1. The zero-order valence-electron chi connectivity index (χ0n) is 15.1. The van der Waals surface area contributed by atoms with E-state index in [4.69, 9.17) is 0 Å². The van der Waals surface area contributed by atoms with E-state index in [9.17, 15) is 4.79 Å². The standard InChI is InChI=1S/C20H23N5O/c1-14-8-3-4-9-16(14)15(2)21-20(26)24-13-7-10-17(24)19-23-22-18-11-5-6-12-25(18)19/h3-6,8-9,11-12,15,17H,7,10,13H2,1-2H3,(H,21,26)/t15-,17+/m1/s1. The van der Waals surface area contributed by atoms with Crippen LogP contribution in [0, 0.1) is 6.92 Å². The molecule has 0 unspecified atom stereocenters. The van der Waals surface area contributed by atoms with Crippen molar-refractivity contribution in [2.45, 2.75) is 38.8 Å². The lowest BCUT2D eigenvalue weighted by molar-refractivity contribution is 0.187. The summed E-state index contributed by atoms with van der Waals surface area (Å²) >= 11 is 0. The highest BCUT2D eigenvalue weighted by Gasteiger charge is 2.33. The maximum absolute atomic E-state index is 12.9. The van der Waals surface area contributed by atoms with Crippen LogP contribution in [-0.2, 0) is 0 Å². The number of carbonyl (C=O) groups is 1. The zero-order valence-corrected chi connectivity index (χ0v) is 15.1. The molecule has 2 amide bonds. The van der Waals surface area contributed by atoms with E-state index in [1.807, 2.05) is 52.8 Å². The molecule has 6 heteroatoms. The van der Waals surface area contributed by atoms with Crippen LogP contribution in [0.15, 0.2) is 48.7 Å². The Hall–Kier alpha value is -2.89. The number of aromatic nitrogens is 3. The fourth-order valence-electron chi connectivity index (χ4n) is 3.78. The van der Waals surface area contributed by atoms with Crippen LogP contribution in [0.5, 0.6) is 0 Å². The van der Waals surface area contributed by atoms with Crippen LogP contribution in [-0.4, -0.2) is 32.1 Å². The predicted octanol–water partition coefficient (Wildman–Crippen LogP) is 3.65. The molecule has 1 aliphatic heterocycles. The molecular formula is C20H23N5O. The number of hydrogen-bond donors (Lipinski definition) is 1. The molecular weight excluding hydrogens is 326 g/mol. The second kappa shape index (κ2) is 6.78. The van der Waals surface area contributed by atoms with Gasteiger partial charge in [-0.3, -0.25) is 4.40 Å². The number of urea groups is 1. The number of benzene rings is 1. The number of nitrogens with one attached hydrogen (secondary N) is 1. The summed E-state index contributed by atoms with van der Waals surface area (Å²) in [4.78, 5) is 14.8. The van der Waals surface area contributed by atoms with Gasteiger partial charge in [-0.25, -0.2) is 4.79 Å². The van der Waals surface area contributed by atoms with Crippen LogP contribution in [0.4, 0.5) is 4.79 Å². The van der Waals surface area contributed by atoms with Gasteiger partial charge in [0, 0.05) is 12.7 Å². The van der Waals surface area contributed by atoms with Gasteiger partial charge in [-0.1, -0.05) is 30.3 Å². The summed E-state index contributed by atoms with van der Waals surface area (Å²) in [7, 11) is 0. The van der Waals surface area contributed by atoms with Crippen molar-refractivity contribution < 1.29 is 4.79 Å². The van der Waals surface area contributed by atoms with E-state index >= 15 is 0 Å². The van der Waals surface area contributed by atoms with E-state index in [0.29, 0.717) is 0 Å². The Balaban J connectivity index is 1.55. The van der Waals surface area contributed by atoms with Gasteiger partial charge in [0.25, 0.3) is 0 Å². The Labute approximate surface area is 152 Å². The second-order valence-corrected chi connectivity index (χ2v) is 6.87. The molecule has 1 fully saturated rings. The van der Waals surface area contributed by atoms with Gasteiger partial charge in [0.2, 0.25) is 0 Å². The number of likely N-dealkylation sites (tertiary alicyclic amines) is 1. The Morgan fingerprint density at radius 2 is 2.00 bits per heavy atom. The Kier molecular flexibility index (Phi) is 4.32. The average molecular weight is 349 g/mol. The van der Waals surface area contributed by atoms with E-state index in [2.05, 4.69) is 34.6 Å². The number of rotatable bonds is 3. The minimum atomic E-state index is -0.0454. The van der Waals surface area contributed by atoms with Gasteiger partial charge in [0.15, 0.2) is 11.5 Å². The van der Waals surface area contributed by atoms with Crippen LogP contribution in [0.2, 0.25) is 0 Å². The van der Waals surface area contributed by atoms with Crippen molar-refractivity contribution in [3.63, 3.8) is 0 Å². The molecule has 26 heavy (non-hydrogen) atoms. The lowest BCUT2D eigenvalue weighted by atomic mass is 10.0. The molecule has 4 rings (SSSR count). The third-order valence-electron chi connectivity index (χ3n) is 5.15. The van der Waals surface area contributed by atoms with Crippen molar-refractivity contribution in [1.29, 1.82) is 0 Å². The first-order valence-corrected chi connectivity index (χ1v) is 9.07. The first-order valence-electron chi connectivity index (χ1n) is 9.07. The van der Waals surface area contributed by atoms with Gasteiger partial charge < -0.3 is 10.2 Å². The highest BCUT2D eigenvalue weighted by atomic mass is 16.2. The van der Waals surface area contributed by atoms with Gasteiger partial charge >= 0.3 is 6.03 Å². The molecule has 6 nitrogen and oxygen atoms in total. The number of carbonyl (C=O) groups excluding carboxylic acids is 1. The maximum atomic E-state index is 12.9. The topological polar surface area (TPSA) is 62.5 Å². The fourth-order valence-corrected chi connectivity index (χ4v) is 3.78. The fraction of sp³-hybridized carbons (Fsp3) is 0.350. The first kappa shape index (κ1) is 16.6. The van der Waals surface area contributed by atoms with E-state index in [-0.39, 0.29) is 18.1 Å². The predicted molar refractivity (Wildman–Crippen MR) is 99.8 cm³/mol. The molecule has 0 spiro atoms. The van der Waals surface area contributed by atoms with Crippen molar-refractivity contribution in [3.05, 3.63) is 65.6 Å². The van der Waals surface area contributed by atoms with Crippen LogP contribution in [0.1, 0.15) is 48.8 Å². The quantitative estimate of drug-likeness (QED) is 0.785. The van der Waals surface area contributed by atoms with E-state index < -0.39 is 0 Å². The number of hydrogen-bond acceptors (Lipinski definition) is 3. The zero-order chi connectivity index (χ0) is 18.1. The molecule has 2 aromatic heterocycles. The summed E-state index contributed by atoms with van der Waals surface area (Å²) in [6.45, 7) is 4.83. The van der Waals surface area contributed by atoms with Crippen LogP contribution in [0.25, 0.3) is 5.65 Å². The molecule has 2 atom stereocenters. The largest absolute Gasteiger partial charge is 0.331 e. The molecule has 3 heterocycles. The van der Waals surface area contributed by atoms with Crippen LogP contribution in [0.3, 0.4) is 0 Å². The van der Waals surface area contributed by atoms with Crippen LogP contribution >= 0.6 is 0 Å². The summed E-state index contributed by atoms with van der Waals surface area (Å²) in [5, 5.41) is 11.7. The normalized spacial score (nSPS) is 18.2. The SMILES string of the molecule is Cc1ccccc1[C@@H](C)NC(=O)N1CCC[C@H]1c1nnc2ccccn12. The first-order chi connectivity index (χ1) is 12.6. The molecule has 1 aromatic carbocycles. The van der Waals surface area contributed by atoms with Crippen molar-refractivity contribution in [1.82, 2.24) is 24.8 Å². The number of nitrogens with zero attached hydrogens (tertiary/aromatic N) is 4. The highest BCUT2D eigenvalue weighted by Crippen LogP contribution is 2.31. The lowest BCUT2D eigenvalue weighted by Gasteiger charge is -2.26. The third-order valence-corrected chi connectivity index (χ3v) is 5.15. The molecule has 3 aromatic rings. The van der Waals surface area contributed by atoms with Crippen molar-refractivity contribution >= 4 is 11.7 Å². The molecule has 0 saturated carbocycles. The van der Waals surface area contributed by atoms with Gasteiger partial charge in [-0.2, -0.15) is 0 Å². The van der Waals surface area contributed by atoms with Crippen molar-refractivity contribution in [2.75, 3.05) is 6.54 Å². The molecule has 1 N–H and O–H groups in total. The molecule has 0 radical (unpaired) electrons. The molecule has 0 bridgehead atoms. The Morgan fingerprint density at radius 1 is 1.19 bits per heavy atom. The minimum Gasteiger partial charge on any atom is -0.331 e. The van der Waals surface area contributed by atoms with Crippen LogP contribution < -0.4 is 5.32 Å². The monoisotopic (exact) mass is 349 g/mol. The van der Waals surface area contributed by atoms with E-state index in [1.165, 1.54) is 5.56 Å². The number of amides is 2. The summed E-state index contributed by atoms with van der Waals surface area (Å²) in [5.41, 5.74) is 3.13. The van der Waals surface area contributed by atoms with Gasteiger partial charge in [0.05, 0.1) is 12.1 Å². The minimum absolute atomic E-state index is 0.0416. The van der Waals surface area contributed by atoms with E-state index in [0.717, 1.165) is 36.4 Å². The number of pyridine rings is 1. The average Bonchev–Trinajstić information content (AvgIpc) is 3.28. The third kappa shape index (κ3) is 2.92. The summed E-state index contributed by atoms with van der Waals surface area (Å²) in [6.07, 6.45) is 3.83. The molecule has 0 aliphatic carbocycles. The van der Waals surface area contributed by atoms with Crippen molar-refractivity contribution in [3.8, 4) is 0 Å². The second-order valence-electron chi connectivity index (χ2n) is 6.87. The molecule has 134 valence electrons. The molecule has 1 saturated heterocycles. The van der Waals surface area contributed by atoms with Gasteiger partial charge in [-0.05, 0) is 49.9 Å². The van der Waals surface area contributed by atoms with E-state index in [1.54, 1.807) is 0 Å². The summed E-state index contributed by atoms with van der Waals surface area (Å²) < 4.78 is 1.97. The molecule has 1 aliphatic rings. The lowest BCUT2D eigenvalue weighted by Crippen LogP contribution is -2.41.